The van der Waals surface area contributed by atoms with E-state index in [1.807, 2.05) is 24.3 Å². The quantitative estimate of drug-likeness (QED) is 0.846. The molecule has 4 heteroatoms. The van der Waals surface area contributed by atoms with Crippen molar-refractivity contribution in [3.63, 3.8) is 0 Å². The number of carbonyl (C=O) groups is 1. The SMILES string of the molecule is CC1(C)CCCCC1NCc1ccc(OCC(N)=O)cc1. The third-order valence-electron chi connectivity index (χ3n) is 4.36. The highest BCUT2D eigenvalue weighted by molar-refractivity contribution is 5.75. The summed E-state index contributed by atoms with van der Waals surface area (Å²) >= 11 is 0. The van der Waals surface area contributed by atoms with Gasteiger partial charge in [0.25, 0.3) is 5.91 Å². The van der Waals surface area contributed by atoms with E-state index >= 15 is 0 Å². The van der Waals surface area contributed by atoms with Crippen LogP contribution in [0.5, 0.6) is 5.75 Å². The molecule has 2 rings (SSSR count). The van der Waals surface area contributed by atoms with Crippen molar-refractivity contribution in [3.8, 4) is 5.75 Å². The summed E-state index contributed by atoms with van der Waals surface area (Å²) in [5.74, 6) is 0.218. The van der Waals surface area contributed by atoms with Crippen LogP contribution in [0.25, 0.3) is 0 Å². The van der Waals surface area contributed by atoms with Crippen molar-refractivity contribution in [2.45, 2.75) is 52.1 Å². The van der Waals surface area contributed by atoms with E-state index in [1.54, 1.807) is 0 Å². The predicted octanol–water partition coefficient (Wildman–Crippen LogP) is 2.61. The molecule has 1 aromatic carbocycles. The summed E-state index contributed by atoms with van der Waals surface area (Å²) in [6, 6.07) is 8.40. The van der Waals surface area contributed by atoms with Crippen molar-refractivity contribution < 1.29 is 9.53 Å². The Morgan fingerprint density at radius 3 is 2.67 bits per heavy atom. The lowest BCUT2D eigenvalue weighted by atomic mass is 9.73. The number of ether oxygens (including phenoxy) is 1. The van der Waals surface area contributed by atoms with Gasteiger partial charge in [-0.1, -0.05) is 38.8 Å². The minimum Gasteiger partial charge on any atom is -0.484 e. The second-order valence-electron chi connectivity index (χ2n) is 6.57. The largest absolute Gasteiger partial charge is 0.484 e. The van der Waals surface area contributed by atoms with E-state index in [-0.39, 0.29) is 6.61 Å². The zero-order chi connectivity index (χ0) is 15.3. The van der Waals surface area contributed by atoms with Crippen LogP contribution in [0.1, 0.15) is 45.1 Å². The number of amides is 1. The molecule has 1 aromatic rings. The molecule has 0 aliphatic heterocycles. The van der Waals surface area contributed by atoms with Crippen LogP contribution in [0.2, 0.25) is 0 Å². The summed E-state index contributed by atoms with van der Waals surface area (Å²) in [5.41, 5.74) is 6.65. The highest BCUT2D eigenvalue weighted by atomic mass is 16.5. The van der Waals surface area contributed by atoms with Crippen LogP contribution < -0.4 is 15.8 Å². The van der Waals surface area contributed by atoms with Crippen LogP contribution in [0.3, 0.4) is 0 Å². The van der Waals surface area contributed by atoms with Crippen molar-refractivity contribution >= 4 is 5.91 Å². The van der Waals surface area contributed by atoms with Crippen LogP contribution >= 0.6 is 0 Å². The molecule has 1 amide bonds. The van der Waals surface area contributed by atoms with Gasteiger partial charge in [0, 0.05) is 12.6 Å². The fourth-order valence-corrected chi connectivity index (χ4v) is 2.97. The molecule has 0 spiro atoms. The molecule has 21 heavy (non-hydrogen) atoms. The normalized spacial score (nSPS) is 21.0. The van der Waals surface area contributed by atoms with Crippen molar-refractivity contribution in [1.82, 2.24) is 5.32 Å². The Labute approximate surface area is 127 Å². The molecule has 1 saturated carbocycles. The maximum absolute atomic E-state index is 10.7. The molecule has 0 radical (unpaired) electrons. The molecule has 1 atom stereocenters. The second kappa shape index (κ2) is 6.94. The maximum atomic E-state index is 10.7. The summed E-state index contributed by atoms with van der Waals surface area (Å²) in [5, 5.41) is 3.68. The molecular formula is C17H26N2O2. The van der Waals surface area contributed by atoms with E-state index in [0.717, 1.165) is 6.54 Å². The average molecular weight is 290 g/mol. The first-order chi connectivity index (χ1) is 9.97. The number of nitrogens with one attached hydrogen (secondary N) is 1. The zero-order valence-corrected chi connectivity index (χ0v) is 13.0. The van der Waals surface area contributed by atoms with Crippen LogP contribution in [0, 0.1) is 5.41 Å². The number of nitrogens with two attached hydrogens (primary N) is 1. The van der Waals surface area contributed by atoms with Crippen molar-refractivity contribution in [2.24, 2.45) is 11.1 Å². The lowest BCUT2D eigenvalue weighted by molar-refractivity contribution is -0.119. The third kappa shape index (κ3) is 4.74. The highest BCUT2D eigenvalue weighted by Gasteiger charge is 2.31. The molecule has 1 aliphatic carbocycles. The third-order valence-corrected chi connectivity index (χ3v) is 4.36. The van der Waals surface area contributed by atoms with E-state index in [1.165, 1.54) is 31.2 Å². The summed E-state index contributed by atoms with van der Waals surface area (Å²) < 4.78 is 5.26. The average Bonchev–Trinajstić information content (AvgIpc) is 2.44. The molecule has 1 aliphatic rings. The van der Waals surface area contributed by atoms with Gasteiger partial charge in [-0.05, 0) is 36.0 Å². The molecule has 4 nitrogen and oxygen atoms in total. The number of carbonyl (C=O) groups excluding carboxylic acids is 1. The van der Waals surface area contributed by atoms with Gasteiger partial charge in [0.1, 0.15) is 5.75 Å². The van der Waals surface area contributed by atoms with Crippen LogP contribution in [-0.2, 0) is 11.3 Å². The van der Waals surface area contributed by atoms with Crippen molar-refractivity contribution in [3.05, 3.63) is 29.8 Å². The Hall–Kier alpha value is -1.55. The Morgan fingerprint density at radius 1 is 1.33 bits per heavy atom. The van der Waals surface area contributed by atoms with Gasteiger partial charge in [0.15, 0.2) is 6.61 Å². The number of benzene rings is 1. The molecule has 0 bridgehead atoms. The number of hydrogen-bond donors (Lipinski definition) is 2. The van der Waals surface area contributed by atoms with Crippen molar-refractivity contribution in [2.75, 3.05) is 6.61 Å². The minimum atomic E-state index is -0.458. The number of rotatable bonds is 6. The second-order valence-corrected chi connectivity index (χ2v) is 6.57. The van der Waals surface area contributed by atoms with E-state index in [9.17, 15) is 4.79 Å². The maximum Gasteiger partial charge on any atom is 0.255 e. The standard InChI is InChI=1S/C17H26N2O2/c1-17(2)10-4-3-5-15(17)19-11-13-6-8-14(9-7-13)21-12-16(18)20/h6-9,15,19H,3-5,10-12H2,1-2H3,(H2,18,20). The predicted molar refractivity (Wildman–Crippen MR) is 84.0 cm³/mol. The van der Waals surface area contributed by atoms with E-state index in [2.05, 4.69) is 19.2 Å². The molecule has 0 saturated heterocycles. The van der Waals surface area contributed by atoms with Gasteiger partial charge in [-0.3, -0.25) is 4.79 Å². The van der Waals surface area contributed by atoms with Gasteiger partial charge in [-0.2, -0.15) is 0 Å². The van der Waals surface area contributed by atoms with Gasteiger partial charge in [-0.15, -0.1) is 0 Å². The fourth-order valence-electron chi connectivity index (χ4n) is 2.97. The Balaban J connectivity index is 1.84. The highest BCUT2D eigenvalue weighted by Crippen LogP contribution is 2.35. The molecule has 1 unspecified atom stereocenters. The first-order valence-corrected chi connectivity index (χ1v) is 7.71. The van der Waals surface area contributed by atoms with Gasteiger partial charge in [0.2, 0.25) is 0 Å². The minimum absolute atomic E-state index is 0.0755. The van der Waals surface area contributed by atoms with E-state index < -0.39 is 5.91 Å². The van der Waals surface area contributed by atoms with Gasteiger partial charge < -0.3 is 15.8 Å². The molecule has 116 valence electrons. The van der Waals surface area contributed by atoms with Crippen LogP contribution in [0.15, 0.2) is 24.3 Å². The Kier molecular flexibility index (Phi) is 5.23. The summed E-state index contributed by atoms with van der Waals surface area (Å²) in [6.07, 6.45) is 5.22. The molecule has 3 N–H and O–H groups in total. The summed E-state index contributed by atoms with van der Waals surface area (Å²) in [6.45, 7) is 5.49. The smallest absolute Gasteiger partial charge is 0.255 e. The van der Waals surface area contributed by atoms with Crippen LogP contribution in [0.4, 0.5) is 0 Å². The number of primary amides is 1. The Morgan fingerprint density at radius 2 is 2.05 bits per heavy atom. The first-order valence-electron chi connectivity index (χ1n) is 7.71. The fraction of sp³-hybridized carbons (Fsp3) is 0.588. The monoisotopic (exact) mass is 290 g/mol. The molecule has 0 aromatic heterocycles. The van der Waals surface area contributed by atoms with Crippen LogP contribution in [-0.4, -0.2) is 18.6 Å². The zero-order valence-electron chi connectivity index (χ0n) is 13.0. The van der Waals surface area contributed by atoms with E-state index in [0.29, 0.717) is 17.2 Å². The Bertz CT molecular complexity index is 468. The molecule has 1 fully saturated rings. The van der Waals surface area contributed by atoms with Gasteiger partial charge in [-0.25, -0.2) is 0 Å². The van der Waals surface area contributed by atoms with Gasteiger partial charge in [0.05, 0.1) is 0 Å². The number of hydrogen-bond acceptors (Lipinski definition) is 3. The van der Waals surface area contributed by atoms with Gasteiger partial charge >= 0.3 is 0 Å². The summed E-state index contributed by atoms with van der Waals surface area (Å²) in [4.78, 5) is 10.7. The summed E-state index contributed by atoms with van der Waals surface area (Å²) in [7, 11) is 0. The first kappa shape index (κ1) is 15.8. The molecule has 0 heterocycles. The molecular weight excluding hydrogens is 264 g/mol. The topological polar surface area (TPSA) is 64.3 Å². The lowest BCUT2D eigenvalue weighted by Gasteiger charge is -2.39. The lowest BCUT2D eigenvalue weighted by Crippen LogP contribution is -2.43. The van der Waals surface area contributed by atoms with Crippen molar-refractivity contribution in [1.29, 1.82) is 0 Å². The van der Waals surface area contributed by atoms with E-state index in [4.69, 9.17) is 10.5 Å².